The Morgan fingerprint density at radius 1 is 1.12 bits per heavy atom. The van der Waals surface area contributed by atoms with Crippen molar-refractivity contribution in [3.8, 4) is 0 Å². The van der Waals surface area contributed by atoms with E-state index in [4.69, 9.17) is 5.41 Å². The number of nitrogens with one attached hydrogen (secondary N) is 2. The Hall–Kier alpha value is -2.36. The molecule has 1 aromatic heterocycles. The molecule has 0 aliphatic rings. The van der Waals surface area contributed by atoms with E-state index < -0.39 is 0 Å². The lowest BCUT2D eigenvalue weighted by atomic mass is 10.3. The van der Waals surface area contributed by atoms with Crippen molar-refractivity contribution >= 4 is 11.6 Å². The van der Waals surface area contributed by atoms with Crippen molar-refractivity contribution in [3.05, 3.63) is 60.2 Å². The third-order valence-corrected chi connectivity index (χ3v) is 2.27. The maximum absolute atomic E-state index is 11.7. The average molecular weight is 227 g/mol. The number of anilines is 1. The molecule has 0 aliphatic heterocycles. The Balaban J connectivity index is 1.98. The van der Waals surface area contributed by atoms with Crippen molar-refractivity contribution in [1.29, 1.82) is 5.41 Å². The van der Waals surface area contributed by atoms with Gasteiger partial charge in [0.15, 0.2) is 0 Å². The van der Waals surface area contributed by atoms with E-state index >= 15 is 0 Å². The van der Waals surface area contributed by atoms with E-state index in [0.717, 1.165) is 5.69 Å². The Kier molecular flexibility index (Phi) is 3.35. The molecule has 4 heteroatoms. The van der Waals surface area contributed by atoms with Crippen LogP contribution in [0, 0.1) is 5.41 Å². The predicted octanol–water partition coefficient (Wildman–Crippen LogP) is 1.61. The second-order valence-corrected chi connectivity index (χ2v) is 3.67. The zero-order valence-electron chi connectivity index (χ0n) is 9.26. The molecule has 2 aromatic rings. The molecule has 0 bridgehead atoms. The zero-order valence-corrected chi connectivity index (χ0v) is 9.26. The van der Waals surface area contributed by atoms with E-state index in [1.165, 1.54) is 0 Å². The molecule has 2 rings (SSSR count). The smallest absolute Gasteiger partial charge is 0.244 e. The molecule has 0 atom stereocenters. The van der Waals surface area contributed by atoms with Crippen LogP contribution in [-0.2, 0) is 11.3 Å². The molecular weight excluding hydrogens is 214 g/mol. The fourth-order valence-corrected chi connectivity index (χ4v) is 1.45. The molecule has 0 fully saturated rings. The molecular formula is C13H13N3O. The molecule has 0 radical (unpaired) electrons. The van der Waals surface area contributed by atoms with Crippen LogP contribution in [0.4, 0.5) is 5.69 Å². The number of rotatable bonds is 3. The average Bonchev–Trinajstić information content (AvgIpc) is 2.33. The summed E-state index contributed by atoms with van der Waals surface area (Å²) in [6.07, 6.45) is 3.43. The third-order valence-electron chi connectivity index (χ3n) is 2.27. The number of carbonyl (C=O) groups excluding carboxylic acids is 1. The summed E-state index contributed by atoms with van der Waals surface area (Å²) in [4.78, 5) is 11.7. The van der Waals surface area contributed by atoms with Crippen molar-refractivity contribution < 1.29 is 4.79 Å². The minimum atomic E-state index is -0.0843. The number of amides is 1. The van der Waals surface area contributed by atoms with Crippen LogP contribution < -0.4 is 10.7 Å². The van der Waals surface area contributed by atoms with E-state index in [1.807, 2.05) is 30.3 Å². The first-order valence-electron chi connectivity index (χ1n) is 5.30. The second kappa shape index (κ2) is 5.12. The minimum absolute atomic E-state index is 0.0843. The molecule has 86 valence electrons. The zero-order chi connectivity index (χ0) is 12.1. The van der Waals surface area contributed by atoms with E-state index in [1.54, 1.807) is 29.1 Å². The first-order chi connectivity index (χ1) is 8.24. The van der Waals surface area contributed by atoms with E-state index in [9.17, 15) is 4.79 Å². The van der Waals surface area contributed by atoms with Crippen LogP contribution in [0.5, 0.6) is 0 Å². The second-order valence-electron chi connectivity index (χ2n) is 3.67. The van der Waals surface area contributed by atoms with Crippen LogP contribution >= 0.6 is 0 Å². The molecule has 0 unspecified atom stereocenters. The highest BCUT2D eigenvalue weighted by atomic mass is 16.1. The van der Waals surface area contributed by atoms with Gasteiger partial charge in [-0.2, -0.15) is 0 Å². The van der Waals surface area contributed by atoms with Crippen LogP contribution in [0.25, 0.3) is 0 Å². The van der Waals surface area contributed by atoms with Crippen LogP contribution in [0.3, 0.4) is 0 Å². The maximum atomic E-state index is 11.7. The van der Waals surface area contributed by atoms with Crippen molar-refractivity contribution in [1.82, 2.24) is 4.57 Å². The van der Waals surface area contributed by atoms with Gasteiger partial charge in [-0.15, -0.1) is 0 Å². The van der Waals surface area contributed by atoms with Crippen molar-refractivity contribution in [2.24, 2.45) is 0 Å². The van der Waals surface area contributed by atoms with Gasteiger partial charge in [-0.3, -0.25) is 4.79 Å². The predicted molar refractivity (Wildman–Crippen MR) is 65.4 cm³/mol. The lowest BCUT2D eigenvalue weighted by Gasteiger charge is -2.07. The number of carbonyl (C=O) groups is 1. The van der Waals surface area contributed by atoms with Gasteiger partial charge in [0.25, 0.3) is 0 Å². The summed E-state index contributed by atoms with van der Waals surface area (Å²) in [5, 5.41) is 10.6. The SMILES string of the molecule is N=c1ccn(CC(=O)Nc2ccccc2)cc1. The van der Waals surface area contributed by atoms with Gasteiger partial charge >= 0.3 is 0 Å². The third kappa shape index (κ3) is 3.31. The largest absolute Gasteiger partial charge is 0.345 e. The highest BCUT2D eigenvalue weighted by Crippen LogP contribution is 2.04. The maximum Gasteiger partial charge on any atom is 0.244 e. The fraction of sp³-hybridized carbons (Fsp3) is 0.0769. The molecule has 1 heterocycles. The van der Waals surface area contributed by atoms with Crippen molar-refractivity contribution in [2.45, 2.75) is 6.54 Å². The first-order valence-corrected chi connectivity index (χ1v) is 5.30. The van der Waals surface area contributed by atoms with Crippen LogP contribution in [-0.4, -0.2) is 10.5 Å². The minimum Gasteiger partial charge on any atom is -0.345 e. The summed E-state index contributed by atoms with van der Waals surface area (Å²) in [5.41, 5.74) is 0.787. The Labute approximate surface area is 99.0 Å². The topological polar surface area (TPSA) is 57.9 Å². The monoisotopic (exact) mass is 227 g/mol. The fourth-order valence-electron chi connectivity index (χ4n) is 1.45. The number of hydrogen-bond donors (Lipinski definition) is 2. The Morgan fingerprint density at radius 2 is 1.76 bits per heavy atom. The van der Waals surface area contributed by atoms with E-state index in [2.05, 4.69) is 5.32 Å². The summed E-state index contributed by atoms with van der Waals surface area (Å²) in [6, 6.07) is 12.6. The molecule has 1 amide bonds. The number of hydrogen-bond acceptors (Lipinski definition) is 2. The van der Waals surface area contributed by atoms with Crippen LogP contribution in [0.1, 0.15) is 0 Å². The van der Waals surface area contributed by atoms with Crippen LogP contribution in [0.2, 0.25) is 0 Å². The summed E-state index contributed by atoms with van der Waals surface area (Å²) in [7, 11) is 0. The van der Waals surface area contributed by atoms with Gasteiger partial charge in [-0.05, 0) is 24.3 Å². The molecule has 1 aromatic carbocycles. The van der Waals surface area contributed by atoms with Gasteiger partial charge < -0.3 is 15.3 Å². The molecule has 2 N–H and O–H groups in total. The van der Waals surface area contributed by atoms with E-state index in [0.29, 0.717) is 5.36 Å². The standard InChI is InChI=1S/C13H13N3O/c14-11-6-8-16(9-7-11)10-13(17)15-12-4-2-1-3-5-12/h1-9,14H,10H2,(H,15,17). The Morgan fingerprint density at radius 3 is 2.41 bits per heavy atom. The Bertz CT molecular complexity index is 540. The molecule has 0 aliphatic carbocycles. The summed E-state index contributed by atoms with van der Waals surface area (Å²) >= 11 is 0. The number of para-hydroxylation sites is 1. The molecule has 0 spiro atoms. The van der Waals surface area contributed by atoms with Gasteiger partial charge in [-0.25, -0.2) is 0 Å². The first kappa shape index (κ1) is 11.1. The summed E-state index contributed by atoms with van der Waals surface area (Å²) < 4.78 is 1.73. The molecule has 4 nitrogen and oxygen atoms in total. The quantitative estimate of drug-likeness (QED) is 0.822. The van der Waals surface area contributed by atoms with Gasteiger partial charge in [0.05, 0.1) is 5.36 Å². The number of pyridine rings is 1. The summed E-state index contributed by atoms with van der Waals surface area (Å²) in [6.45, 7) is 0.245. The van der Waals surface area contributed by atoms with Gasteiger partial charge in [0, 0.05) is 18.1 Å². The van der Waals surface area contributed by atoms with E-state index in [-0.39, 0.29) is 12.5 Å². The summed E-state index contributed by atoms with van der Waals surface area (Å²) in [5.74, 6) is -0.0843. The highest BCUT2D eigenvalue weighted by Gasteiger charge is 2.01. The number of aromatic nitrogens is 1. The lowest BCUT2D eigenvalue weighted by Crippen LogP contribution is -2.19. The lowest BCUT2D eigenvalue weighted by molar-refractivity contribution is -0.116. The van der Waals surface area contributed by atoms with Crippen molar-refractivity contribution in [3.63, 3.8) is 0 Å². The van der Waals surface area contributed by atoms with Gasteiger partial charge in [-0.1, -0.05) is 18.2 Å². The highest BCUT2D eigenvalue weighted by molar-refractivity contribution is 5.90. The van der Waals surface area contributed by atoms with Crippen molar-refractivity contribution in [2.75, 3.05) is 5.32 Å². The van der Waals surface area contributed by atoms with Gasteiger partial charge in [0.1, 0.15) is 6.54 Å². The number of nitrogens with zero attached hydrogens (tertiary/aromatic N) is 1. The van der Waals surface area contributed by atoms with Gasteiger partial charge in [0.2, 0.25) is 5.91 Å². The normalized spacial score (nSPS) is 9.88. The molecule has 17 heavy (non-hydrogen) atoms. The molecule has 0 saturated carbocycles. The van der Waals surface area contributed by atoms with Crippen LogP contribution in [0.15, 0.2) is 54.9 Å². The molecule has 0 saturated heterocycles. The number of benzene rings is 1.